The van der Waals surface area contributed by atoms with E-state index in [1.54, 1.807) is 0 Å². The zero-order valence-corrected chi connectivity index (χ0v) is 17.5. The molecule has 0 bridgehead atoms. The largest absolute Gasteiger partial charge is 0.381 e. The molecule has 1 aliphatic heterocycles. The molecule has 0 spiro atoms. The van der Waals surface area contributed by atoms with Gasteiger partial charge in [0.1, 0.15) is 0 Å². The molecule has 3 rings (SSSR count). The Morgan fingerprint density at radius 2 is 2.00 bits per heavy atom. The van der Waals surface area contributed by atoms with Crippen LogP contribution in [0.2, 0.25) is 0 Å². The summed E-state index contributed by atoms with van der Waals surface area (Å²) in [5, 5.41) is 6.84. The van der Waals surface area contributed by atoms with Gasteiger partial charge in [0.2, 0.25) is 0 Å². The topological polar surface area (TPSA) is 54.9 Å². The van der Waals surface area contributed by atoms with Crippen LogP contribution in [0.1, 0.15) is 37.3 Å². The second kappa shape index (κ2) is 10.3. The SMILES string of the molecule is CN=C(NCc1cccc(COC2CCOCC2)c1)NC1CC1C.I. The molecule has 1 heterocycles. The normalized spacial score (nSPS) is 23.7. The molecule has 0 radical (unpaired) electrons. The average molecular weight is 459 g/mol. The average Bonchev–Trinajstić information content (AvgIpc) is 3.33. The van der Waals surface area contributed by atoms with Gasteiger partial charge in [-0.1, -0.05) is 31.2 Å². The molecule has 1 saturated carbocycles. The molecule has 1 aliphatic carbocycles. The van der Waals surface area contributed by atoms with Crippen molar-refractivity contribution in [3.05, 3.63) is 35.4 Å². The maximum Gasteiger partial charge on any atom is 0.191 e. The van der Waals surface area contributed by atoms with Crippen LogP contribution >= 0.6 is 24.0 Å². The highest BCUT2D eigenvalue weighted by molar-refractivity contribution is 14.0. The highest BCUT2D eigenvalue weighted by atomic mass is 127. The lowest BCUT2D eigenvalue weighted by molar-refractivity contribution is -0.0390. The Balaban J connectivity index is 0.00000225. The number of aliphatic imine (C=N–C) groups is 1. The van der Waals surface area contributed by atoms with E-state index in [2.05, 4.69) is 46.8 Å². The molecule has 6 heteroatoms. The molecular weight excluding hydrogens is 429 g/mol. The van der Waals surface area contributed by atoms with Crippen LogP contribution in [0.25, 0.3) is 0 Å². The minimum absolute atomic E-state index is 0. The number of benzene rings is 1. The van der Waals surface area contributed by atoms with Gasteiger partial charge in [0, 0.05) is 32.8 Å². The van der Waals surface area contributed by atoms with Crippen molar-refractivity contribution in [2.45, 2.75) is 51.5 Å². The van der Waals surface area contributed by atoms with Gasteiger partial charge in [-0.05, 0) is 36.3 Å². The van der Waals surface area contributed by atoms with Gasteiger partial charge in [-0.2, -0.15) is 0 Å². The number of hydrogen-bond donors (Lipinski definition) is 2. The van der Waals surface area contributed by atoms with Gasteiger partial charge in [0.25, 0.3) is 0 Å². The Labute approximate surface area is 168 Å². The maximum absolute atomic E-state index is 6.01. The second-order valence-corrected chi connectivity index (χ2v) is 6.83. The molecule has 0 amide bonds. The summed E-state index contributed by atoms with van der Waals surface area (Å²) in [6.45, 7) is 5.34. The van der Waals surface area contributed by atoms with Crippen molar-refractivity contribution in [3.63, 3.8) is 0 Å². The first kappa shape index (κ1) is 20.5. The number of guanidine groups is 1. The Hall–Kier alpha value is -0.860. The van der Waals surface area contributed by atoms with Gasteiger partial charge in [-0.25, -0.2) is 0 Å². The fourth-order valence-corrected chi connectivity index (χ4v) is 2.97. The Kier molecular flexibility index (Phi) is 8.45. The quantitative estimate of drug-likeness (QED) is 0.390. The minimum Gasteiger partial charge on any atom is -0.381 e. The molecule has 1 aromatic carbocycles. The number of ether oxygens (including phenoxy) is 2. The Morgan fingerprint density at radius 3 is 2.68 bits per heavy atom. The third-order valence-corrected chi connectivity index (χ3v) is 4.76. The molecule has 140 valence electrons. The monoisotopic (exact) mass is 459 g/mol. The van der Waals surface area contributed by atoms with Crippen LogP contribution in [0.5, 0.6) is 0 Å². The molecule has 2 unspecified atom stereocenters. The number of rotatable bonds is 6. The van der Waals surface area contributed by atoms with E-state index in [1.807, 2.05) is 7.05 Å². The van der Waals surface area contributed by atoms with Crippen molar-refractivity contribution in [1.29, 1.82) is 0 Å². The fourth-order valence-electron chi connectivity index (χ4n) is 2.97. The van der Waals surface area contributed by atoms with Crippen LogP contribution in [-0.4, -0.2) is 38.4 Å². The molecule has 1 aromatic rings. The van der Waals surface area contributed by atoms with E-state index in [4.69, 9.17) is 9.47 Å². The van der Waals surface area contributed by atoms with Crippen LogP contribution in [0.4, 0.5) is 0 Å². The van der Waals surface area contributed by atoms with E-state index in [0.29, 0.717) is 18.8 Å². The third-order valence-electron chi connectivity index (χ3n) is 4.76. The molecule has 2 fully saturated rings. The number of nitrogens with zero attached hydrogens (tertiary/aromatic N) is 1. The molecule has 2 aliphatic rings. The summed E-state index contributed by atoms with van der Waals surface area (Å²) < 4.78 is 11.4. The smallest absolute Gasteiger partial charge is 0.191 e. The summed E-state index contributed by atoms with van der Waals surface area (Å²) in [6, 6.07) is 9.15. The number of hydrogen-bond acceptors (Lipinski definition) is 3. The van der Waals surface area contributed by atoms with Crippen LogP contribution in [0, 0.1) is 5.92 Å². The van der Waals surface area contributed by atoms with Gasteiger partial charge in [0.05, 0.1) is 12.7 Å². The van der Waals surface area contributed by atoms with E-state index in [-0.39, 0.29) is 24.0 Å². The van der Waals surface area contributed by atoms with E-state index in [0.717, 1.165) is 44.5 Å². The highest BCUT2D eigenvalue weighted by Gasteiger charge is 2.33. The second-order valence-electron chi connectivity index (χ2n) is 6.83. The molecular formula is C19H30IN3O2. The summed E-state index contributed by atoms with van der Waals surface area (Å²) >= 11 is 0. The lowest BCUT2D eigenvalue weighted by Crippen LogP contribution is -2.38. The van der Waals surface area contributed by atoms with Crippen LogP contribution in [0.3, 0.4) is 0 Å². The standard InChI is InChI=1S/C19H29N3O2.HI/c1-14-10-18(14)22-19(20-2)21-12-15-4-3-5-16(11-15)13-24-17-6-8-23-9-7-17;/h3-5,11,14,17-18H,6-10,12-13H2,1-2H3,(H2,20,21,22);1H. The van der Waals surface area contributed by atoms with Crippen LogP contribution < -0.4 is 10.6 Å². The Morgan fingerprint density at radius 1 is 1.28 bits per heavy atom. The summed E-state index contributed by atoms with van der Waals surface area (Å²) in [5.41, 5.74) is 2.47. The van der Waals surface area contributed by atoms with Crippen LogP contribution in [-0.2, 0) is 22.6 Å². The van der Waals surface area contributed by atoms with Gasteiger partial charge in [-0.3, -0.25) is 4.99 Å². The zero-order valence-electron chi connectivity index (χ0n) is 15.2. The van der Waals surface area contributed by atoms with E-state index in [9.17, 15) is 0 Å². The van der Waals surface area contributed by atoms with Crippen molar-refractivity contribution >= 4 is 29.9 Å². The zero-order chi connectivity index (χ0) is 16.8. The van der Waals surface area contributed by atoms with E-state index < -0.39 is 0 Å². The van der Waals surface area contributed by atoms with Gasteiger partial charge >= 0.3 is 0 Å². The first-order valence-electron chi connectivity index (χ1n) is 8.99. The number of halogens is 1. The van der Waals surface area contributed by atoms with Gasteiger partial charge < -0.3 is 20.1 Å². The minimum atomic E-state index is 0. The number of nitrogens with one attached hydrogen (secondary N) is 2. The molecule has 25 heavy (non-hydrogen) atoms. The van der Waals surface area contributed by atoms with Crippen molar-refractivity contribution in [1.82, 2.24) is 10.6 Å². The lowest BCUT2D eigenvalue weighted by atomic mass is 10.1. The summed E-state index contributed by atoms with van der Waals surface area (Å²) in [5.74, 6) is 1.64. The van der Waals surface area contributed by atoms with Gasteiger partial charge in [0.15, 0.2) is 5.96 Å². The third kappa shape index (κ3) is 6.75. The Bertz CT molecular complexity index is 561. The molecule has 0 aromatic heterocycles. The summed E-state index contributed by atoms with van der Waals surface area (Å²) in [6.07, 6.45) is 3.58. The lowest BCUT2D eigenvalue weighted by Gasteiger charge is -2.22. The molecule has 1 saturated heterocycles. The first-order chi connectivity index (χ1) is 11.7. The molecule has 2 N–H and O–H groups in total. The van der Waals surface area contributed by atoms with E-state index in [1.165, 1.54) is 17.5 Å². The molecule has 2 atom stereocenters. The van der Waals surface area contributed by atoms with Crippen molar-refractivity contribution < 1.29 is 9.47 Å². The van der Waals surface area contributed by atoms with Crippen molar-refractivity contribution in [3.8, 4) is 0 Å². The predicted molar refractivity (Wildman–Crippen MR) is 111 cm³/mol. The first-order valence-corrected chi connectivity index (χ1v) is 8.99. The fraction of sp³-hybridized carbons (Fsp3) is 0.632. The molecule has 5 nitrogen and oxygen atoms in total. The maximum atomic E-state index is 6.01. The summed E-state index contributed by atoms with van der Waals surface area (Å²) in [4.78, 5) is 4.30. The predicted octanol–water partition coefficient (Wildman–Crippen LogP) is 3.07. The highest BCUT2D eigenvalue weighted by Crippen LogP contribution is 2.28. The van der Waals surface area contributed by atoms with Crippen LogP contribution in [0.15, 0.2) is 29.3 Å². The van der Waals surface area contributed by atoms with E-state index >= 15 is 0 Å². The summed E-state index contributed by atoms with van der Waals surface area (Å²) in [7, 11) is 1.82. The van der Waals surface area contributed by atoms with Crippen molar-refractivity contribution in [2.24, 2.45) is 10.9 Å². The van der Waals surface area contributed by atoms with Gasteiger partial charge in [-0.15, -0.1) is 24.0 Å². The van der Waals surface area contributed by atoms with Crippen molar-refractivity contribution in [2.75, 3.05) is 20.3 Å².